The maximum Gasteiger partial charge on any atom is 0.293 e. The van der Waals surface area contributed by atoms with Crippen LogP contribution in [0, 0.1) is 13.7 Å². The molecule has 0 saturated carbocycles. The maximum atomic E-state index is 11.2. The van der Waals surface area contributed by atoms with Crippen LogP contribution >= 0.6 is 22.6 Å². The minimum atomic E-state index is -0.327. The van der Waals surface area contributed by atoms with Crippen LogP contribution < -0.4 is 10.2 Å². The van der Waals surface area contributed by atoms with Gasteiger partial charge in [-0.15, -0.1) is 0 Å². The number of nitrogens with zero attached hydrogens (tertiary/aromatic N) is 4. The number of nitrogens with one attached hydrogen (secondary N) is 1. The minimum absolute atomic E-state index is 0.135. The lowest BCUT2D eigenvalue weighted by Crippen LogP contribution is -2.42. The highest BCUT2D eigenvalue weighted by molar-refractivity contribution is 14.1. The zero-order chi connectivity index (χ0) is 16.4. The standard InChI is InChI=1S/C15H18IN5O2/c1-19-10-13(8-17-19)20-6-2-3-12(9-20)18-14-5-4-11(16)7-15(14)21(22)23/h4-5,7-8,10,12,18H,2-3,6,9H2,1H3. The fourth-order valence-electron chi connectivity index (χ4n) is 2.90. The summed E-state index contributed by atoms with van der Waals surface area (Å²) in [6.45, 7) is 1.80. The molecule has 0 bridgehead atoms. The molecule has 1 atom stereocenters. The second kappa shape index (κ2) is 6.73. The molecule has 1 N–H and O–H groups in total. The molecular formula is C15H18IN5O2. The number of nitro benzene ring substituents is 1. The Hall–Kier alpha value is -1.84. The monoisotopic (exact) mass is 427 g/mol. The first kappa shape index (κ1) is 16.0. The molecule has 0 aliphatic carbocycles. The molecule has 0 spiro atoms. The number of aryl methyl sites for hydroxylation is 1. The highest BCUT2D eigenvalue weighted by Gasteiger charge is 2.23. The molecule has 0 radical (unpaired) electrons. The van der Waals surface area contributed by atoms with Crippen LogP contribution in [0.5, 0.6) is 0 Å². The number of anilines is 2. The van der Waals surface area contributed by atoms with E-state index in [1.807, 2.05) is 25.5 Å². The van der Waals surface area contributed by atoms with Crippen LogP contribution in [0.25, 0.3) is 0 Å². The number of benzene rings is 1. The predicted octanol–water partition coefficient (Wildman–Crippen LogP) is 3.01. The summed E-state index contributed by atoms with van der Waals surface area (Å²) >= 11 is 2.09. The van der Waals surface area contributed by atoms with Gasteiger partial charge in [-0.05, 0) is 47.6 Å². The third-order valence-corrected chi connectivity index (χ3v) is 4.66. The van der Waals surface area contributed by atoms with E-state index in [2.05, 4.69) is 37.9 Å². The second-order valence-electron chi connectivity index (χ2n) is 5.72. The van der Waals surface area contributed by atoms with Crippen molar-refractivity contribution in [3.05, 3.63) is 44.3 Å². The van der Waals surface area contributed by atoms with Gasteiger partial charge in [0, 0.05) is 42.0 Å². The predicted molar refractivity (Wildman–Crippen MR) is 97.9 cm³/mol. The Labute approximate surface area is 148 Å². The molecule has 23 heavy (non-hydrogen) atoms. The van der Waals surface area contributed by atoms with Gasteiger partial charge in [-0.3, -0.25) is 14.8 Å². The van der Waals surface area contributed by atoms with Crippen molar-refractivity contribution < 1.29 is 4.92 Å². The SMILES string of the molecule is Cn1cc(N2CCCC(Nc3ccc(I)cc3[N+](=O)[O-])C2)cn1. The van der Waals surface area contributed by atoms with Gasteiger partial charge in [0.1, 0.15) is 5.69 Å². The van der Waals surface area contributed by atoms with Crippen molar-refractivity contribution >= 4 is 39.7 Å². The average molecular weight is 427 g/mol. The van der Waals surface area contributed by atoms with E-state index in [1.54, 1.807) is 16.8 Å². The molecule has 1 saturated heterocycles. The van der Waals surface area contributed by atoms with Gasteiger partial charge in [0.15, 0.2) is 0 Å². The lowest BCUT2D eigenvalue weighted by Gasteiger charge is -2.34. The van der Waals surface area contributed by atoms with Crippen molar-refractivity contribution in [2.24, 2.45) is 7.05 Å². The topological polar surface area (TPSA) is 76.2 Å². The summed E-state index contributed by atoms with van der Waals surface area (Å²) in [6, 6.07) is 5.47. The molecule has 1 aliphatic heterocycles. The van der Waals surface area contributed by atoms with Gasteiger partial charge >= 0.3 is 0 Å². The van der Waals surface area contributed by atoms with Crippen molar-refractivity contribution in [3.63, 3.8) is 0 Å². The summed E-state index contributed by atoms with van der Waals surface area (Å²) in [7, 11) is 1.90. The van der Waals surface area contributed by atoms with Crippen LogP contribution in [0.2, 0.25) is 0 Å². The fourth-order valence-corrected chi connectivity index (χ4v) is 3.37. The number of hydrogen-bond acceptors (Lipinski definition) is 5. The molecule has 7 nitrogen and oxygen atoms in total. The van der Waals surface area contributed by atoms with Gasteiger partial charge in [-0.25, -0.2) is 0 Å². The average Bonchev–Trinajstić information content (AvgIpc) is 2.96. The zero-order valence-corrected chi connectivity index (χ0v) is 14.9. The Morgan fingerprint density at radius 1 is 1.48 bits per heavy atom. The van der Waals surface area contributed by atoms with Gasteiger partial charge < -0.3 is 10.2 Å². The van der Waals surface area contributed by atoms with E-state index in [4.69, 9.17) is 0 Å². The van der Waals surface area contributed by atoms with E-state index < -0.39 is 0 Å². The second-order valence-corrected chi connectivity index (χ2v) is 6.97. The van der Waals surface area contributed by atoms with Crippen LogP contribution in [-0.4, -0.2) is 33.8 Å². The number of halogens is 1. The van der Waals surface area contributed by atoms with Crippen LogP contribution in [0.3, 0.4) is 0 Å². The van der Waals surface area contributed by atoms with Crippen LogP contribution in [0.1, 0.15) is 12.8 Å². The first-order valence-electron chi connectivity index (χ1n) is 7.47. The molecule has 1 aliphatic rings. The van der Waals surface area contributed by atoms with Crippen LogP contribution in [-0.2, 0) is 7.05 Å². The van der Waals surface area contributed by atoms with Crippen molar-refractivity contribution in [1.82, 2.24) is 9.78 Å². The normalized spacial score (nSPS) is 18.0. The van der Waals surface area contributed by atoms with E-state index >= 15 is 0 Å². The molecule has 2 aromatic rings. The maximum absolute atomic E-state index is 11.2. The summed E-state index contributed by atoms with van der Waals surface area (Å²) in [4.78, 5) is 13.2. The first-order chi connectivity index (χ1) is 11.0. The van der Waals surface area contributed by atoms with Gasteiger partial charge in [-0.1, -0.05) is 0 Å². The Morgan fingerprint density at radius 3 is 3.00 bits per heavy atom. The Morgan fingerprint density at radius 2 is 2.30 bits per heavy atom. The summed E-state index contributed by atoms with van der Waals surface area (Å²) in [6.07, 6.45) is 5.90. The van der Waals surface area contributed by atoms with E-state index in [-0.39, 0.29) is 16.7 Å². The summed E-state index contributed by atoms with van der Waals surface area (Å²) in [5.74, 6) is 0. The van der Waals surface area contributed by atoms with E-state index in [9.17, 15) is 10.1 Å². The van der Waals surface area contributed by atoms with Crippen molar-refractivity contribution in [3.8, 4) is 0 Å². The quantitative estimate of drug-likeness (QED) is 0.461. The third kappa shape index (κ3) is 3.74. The molecule has 8 heteroatoms. The Bertz CT molecular complexity index is 718. The Balaban J connectivity index is 1.74. The lowest BCUT2D eigenvalue weighted by atomic mass is 10.0. The minimum Gasteiger partial charge on any atom is -0.375 e. The molecule has 3 rings (SSSR count). The molecule has 2 heterocycles. The van der Waals surface area contributed by atoms with E-state index in [0.717, 1.165) is 35.2 Å². The number of hydrogen-bond donors (Lipinski definition) is 1. The van der Waals surface area contributed by atoms with Crippen LogP contribution in [0.4, 0.5) is 17.1 Å². The molecule has 1 unspecified atom stereocenters. The number of nitro groups is 1. The summed E-state index contributed by atoms with van der Waals surface area (Å²) in [5, 5.41) is 18.8. The molecule has 1 fully saturated rings. The van der Waals surface area contributed by atoms with Crippen molar-refractivity contribution in [2.45, 2.75) is 18.9 Å². The van der Waals surface area contributed by atoms with Crippen molar-refractivity contribution in [1.29, 1.82) is 0 Å². The number of aromatic nitrogens is 2. The Kier molecular flexibility index (Phi) is 4.69. The zero-order valence-electron chi connectivity index (χ0n) is 12.8. The molecular weight excluding hydrogens is 409 g/mol. The number of rotatable bonds is 4. The summed E-state index contributed by atoms with van der Waals surface area (Å²) < 4.78 is 2.65. The van der Waals surface area contributed by atoms with E-state index in [1.165, 1.54) is 0 Å². The lowest BCUT2D eigenvalue weighted by molar-refractivity contribution is -0.384. The van der Waals surface area contributed by atoms with Gasteiger partial charge in [0.25, 0.3) is 5.69 Å². The summed E-state index contributed by atoms with van der Waals surface area (Å²) in [5.41, 5.74) is 1.82. The van der Waals surface area contributed by atoms with Gasteiger partial charge in [-0.2, -0.15) is 5.10 Å². The molecule has 1 aromatic heterocycles. The van der Waals surface area contributed by atoms with E-state index in [0.29, 0.717) is 5.69 Å². The smallest absolute Gasteiger partial charge is 0.293 e. The largest absolute Gasteiger partial charge is 0.375 e. The number of piperidine rings is 1. The first-order valence-corrected chi connectivity index (χ1v) is 8.55. The van der Waals surface area contributed by atoms with Crippen LogP contribution in [0.15, 0.2) is 30.6 Å². The highest BCUT2D eigenvalue weighted by atomic mass is 127. The fraction of sp³-hybridized carbons (Fsp3) is 0.400. The van der Waals surface area contributed by atoms with Gasteiger partial charge in [0.2, 0.25) is 0 Å². The van der Waals surface area contributed by atoms with Crippen molar-refractivity contribution in [2.75, 3.05) is 23.3 Å². The molecule has 1 aromatic carbocycles. The molecule has 122 valence electrons. The molecule has 0 amide bonds. The van der Waals surface area contributed by atoms with Gasteiger partial charge in [0.05, 0.1) is 16.8 Å². The third-order valence-electron chi connectivity index (χ3n) is 3.99. The highest BCUT2D eigenvalue weighted by Crippen LogP contribution is 2.29.